The fourth-order valence-electron chi connectivity index (χ4n) is 2.22. The van der Waals surface area contributed by atoms with E-state index in [1.165, 1.54) is 11.1 Å². The molecule has 0 saturated heterocycles. The van der Waals surface area contributed by atoms with E-state index < -0.39 is 0 Å². The van der Waals surface area contributed by atoms with E-state index in [-0.39, 0.29) is 10.7 Å². The third kappa shape index (κ3) is 1.36. The Morgan fingerprint density at radius 3 is 2.21 bits per heavy atom. The van der Waals surface area contributed by atoms with Gasteiger partial charge >= 0.3 is 0 Å². The van der Waals surface area contributed by atoms with Crippen LogP contribution in [0.4, 0.5) is 0 Å². The standard InChI is InChI=1S/C12H13ClO/c1-2-12(11(13)14)7-9-5-3-4-6-10(9)8-12/h3-6H,2,7-8H2,1H3. The molecule has 2 heteroatoms. The average Bonchev–Trinajstić information content (AvgIpc) is 2.57. The van der Waals surface area contributed by atoms with Gasteiger partial charge in [0.15, 0.2) is 0 Å². The molecule has 0 unspecified atom stereocenters. The average molecular weight is 209 g/mol. The second-order valence-corrected chi connectivity index (χ2v) is 4.37. The van der Waals surface area contributed by atoms with Gasteiger partial charge in [-0.2, -0.15) is 0 Å². The molecule has 0 amide bonds. The van der Waals surface area contributed by atoms with Gasteiger partial charge in [-0.1, -0.05) is 31.2 Å². The largest absolute Gasteiger partial charge is 0.281 e. The lowest BCUT2D eigenvalue weighted by atomic mass is 9.83. The zero-order chi connectivity index (χ0) is 10.2. The molecule has 74 valence electrons. The summed E-state index contributed by atoms with van der Waals surface area (Å²) < 4.78 is 0. The molecule has 1 aromatic rings. The van der Waals surface area contributed by atoms with Crippen molar-refractivity contribution in [2.24, 2.45) is 5.41 Å². The molecule has 0 N–H and O–H groups in total. The molecule has 1 nitrogen and oxygen atoms in total. The Labute approximate surface area is 89.1 Å². The highest BCUT2D eigenvalue weighted by molar-refractivity contribution is 6.64. The van der Waals surface area contributed by atoms with E-state index in [1.54, 1.807) is 0 Å². The predicted octanol–water partition coefficient (Wildman–Crippen LogP) is 2.95. The van der Waals surface area contributed by atoms with Gasteiger partial charge in [0.2, 0.25) is 5.24 Å². The van der Waals surface area contributed by atoms with Gasteiger partial charge in [-0.05, 0) is 42.0 Å². The summed E-state index contributed by atoms with van der Waals surface area (Å²) in [5.41, 5.74) is 2.23. The summed E-state index contributed by atoms with van der Waals surface area (Å²) in [5, 5.41) is -0.184. The molecule has 14 heavy (non-hydrogen) atoms. The second-order valence-electron chi connectivity index (χ2n) is 4.03. The van der Waals surface area contributed by atoms with E-state index in [2.05, 4.69) is 12.1 Å². The maximum atomic E-state index is 11.4. The molecule has 1 aliphatic rings. The summed E-state index contributed by atoms with van der Waals surface area (Å²) in [6, 6.07) is 8.21. The van der Waals surface area contributed by atoms with Crippen molar-refractivity contribution >= 4 is 16.8 Å². The summed E-state index contributed by atoms with van der Waals surface area (Å²) in [6.07, 6.45) is 2.44. The van der Waals surface area contributed by atoms with Crippen LogP contribution in [0.5, 0.6) is 0 Å². The lowest BCUT2D eigenvalue weighted by Gasteiger charge is -2.21. The number of fused-ring (bicyclic) bond motifs is 1. The molecule has 0 fully saturated rings. The molecule has 2 rings (SSSR count). The van der Waals surface area contributed by atoms with Crippen molar-refractivity contribution in [3.63, 3.8) is 0 Å². The van der Waals surface area contributed by atoms with Crippen LogP contribution in [-0.2, 0) is 17.6 Å². The number of halogens is 1. The summed E-state index contributed by atoms with van der Waals surface area (Å²) in [4.78, 5) is 11.4. The van der Waals surface area contributed by atoms with E-state index in [9.17, 15) is 4.79 Å². The van der Waals surface area contributed by atoms with Gasteiger partial charge in [-0.3, -0.25) is 4.79 Å². The van der Waals surface area contributed by atoms with Crippen LogP contribution in [0, 0.1) is 5.41 Å². The van der Waals surface area contributed by atoms with Crippen molar-refractivity contribution in [2.75, 3.05) is 0 Å². The fourth-order valence-corrected chi connectivity index (χ4v) is 2.49. The molecule has 0 saturated carbocycles. The third-order valence-electron chi connectivity index (χ3n) is 3.27. The van der Waals surface area contributed by atoms with Crippen LogP contribution in [-0.4, -0.2) is 5.24 Å². The topological polar surface area (TPSA) is 17.1 Å². The minimum absolute atomic E-state index is 0.184. The Bertz CT molecular complexity index is 345. The van der Waals surface area contributed by atoms with Gasteiger partial charge in [0.1, 0.15) is 0 Å². The minimum Gasteiger partial charge on any atom is -0.281 e. The SMILES string of the molecule is CCC1(C(=O)Cl)Cc2ccccc2C1. The monoisotopic (exact) mass is 208 g/mol. The lowest BCUT2D eigenvalue weighted by molar-refractivity contribution is -0.120. The van der Waals surface area contributed by atoms with Gasteiger partial charge in [0.25, 0.3) is 0 Å². The maximum Gasteiger partial charge on any atom is 0.228 e. The Morgan fingerprint density at radius 1 is 1.36 bits per heavy atom. The maximum absolute atomic E-state index is 11.4. The van der Waals surface area contributed by atoms with E-state index in [0.29, 0.717) is 0 Å². The Kier molecular flexibility index (Phi) is 2.36. The number of rotatable bonds is 2. The first-order chi connectivity index (χ1) is 6.68. The van der Waals surface area contributed by atoms with Crippen molar-refractivity contribution in [3.05, 3.63) is 35.4 Å². The number of carbonyl (C=O) groups is 1. The molecule has 0 atom stereocenters. The van der Waals surface area contributed by atoms with E-state index in [4.69, 9.17) is 11.6 Å². The summed E-state index contributed by atoms with van der Waals surface area (Å²) in [6.45, 7) is 2.03. The second kappa shape index (κ2) is 3.39. The molecule has 0 aromatic heterocycles. The molecule has 0 aliphatic heterocycles. The van der Waals surface area contributed by atoms with Crippen LogP contribution in [0.25, 0.3) is 0 Å². The van der Waals surface area contributed by atoms with Crippen LogP contribution in [0.15, 0.2) is 24.3 Å². The highest BCUT2D eigenvalue weighted by Gasteiger charge is 2.40. The molecular weight excluding hydrogens is 196 g/mol. The molecule has 0 heterocycles. The Hall–Kier alpha value is -0.820. The zero-order valence-corrected chi connectivity index (χ0v) is 8.97. The van der Waals surface area contributed by atoms with Gasteiger partial charge in [0.05, 0.1) is 5.41 Å². The number of hydrogen-bond donors (Lipinski definition) is 0. The summed E-state index contributed by atoms with van der Waals surface area (Å²) >= 11 is 5.69. The molecular formula is C12H13ClO. The number of hydrogen-bond acceptors (Lipinski definition) is 1. The first-order valence-electron chi connectivity index (χ1n) is 4.95. The van der Waals surface area contributed by atoms with E-state index in [0.717, 1.165) is 19.3 Å². The van der Waals surface area contributed by atoms with Crippen molar-refractivity contribution in [2.45, 2.75) is 26.2 Å². The highest BCUT2D eigenvalue weighted by atomic mass is 35.5. The molecule has 1 aliphatic carbocycles. The highest BCUT2D eigenvalue weighted by Crippen LogP contribution is 2.41. The van der Waals surface area contributed by atoms with Crippen LogP contribution in [0.1, 0.15) is 24.5 Å². The Morgan fingerprint density at radius 2 is 1.86 bits per heavy atom. The summed E-state index contributed by atoms with van der Waals surface area (Å²) in [7, 11) is 0. The first kappa shape index (κ1) is 9.72. The van der Waals surface area contributed by atoms with Crippen molar-refractivity contribution in [1.29, 1.82) is 0 Å². The van der Waals surface area contributed by atoms with Crippen LogP contribution < -0.4 is 0 Å². The van der Waals surface area contributed by atoms with Gasteiger partial charge in [-0.15, -0.1) is 0 Å². The van der Waals surface area contributed by atoms with E-state index in [1.807, 2.05) is 19.1 Å². The molecule has 0 radical (unpaired) electrons. The van der Waals surface area contributed by atoms with Crippen LogP contribution >= 0.6 is 11.6 Å². The minimum atomic E-state index is -0.328. The van der Waals surface area contributed by atoms with Crippen molar-refractivity contribution in [1.82, 2.24) is 0 Å². The van der Waals surface area contributed by atoms with Crippen molar-refractivity contribution in [3.8, 4) is 0 Å². The quantitative estimate of drug-likeness (QED) is 0.683. The summed E-state index contributed by atoms with van der Waals surface area (Å²) in [5.74, 6) is 0. The third-order valence-corrected chi connectivity index (χ3v) is 3.67. The fraction of sp³-hybridized carbons (Fsp3) is 0.417. The predicted molar refractivity (Wildman–Crippen MR) is 57.4 cm³/mol. The molecule has 0 bridgehead atoms. The normalized spacial score (nSPS) is 17.9. The zero-order valence-electron chi connectivity index (χ0n) is 8.22. The smallest absolute Gasteiger partial charge is 0.228 e. The van der Waals surface area contributed by atoms with Gasteiger partial charge < -0.3 is 0 Å². The molecule has 0 spiro atoms. The van der Waals surface area contributed by atoms with Crippen molar-refractivity contribution < 1.29 is 4.79 Å². The van der Waals surface area contributed by atoms with Gasteiger partial charge in [-0.25, -0.2) is 0 Å². The lowest BCUT2D eigenvalue weighted by Crippen LogP contribution is -2.27. The van der Waals surface area contributed by atoms with Crippen LogP contribution in [0.2, 0.25) is 0 Å². The Balaban J connectivity index is 2.37. The van der Waals surface area contributed by atoms with Gasteiger partial charge in [0, 0.05) is 0 Å². The number of carbonyl (C=O) groups excluding carboxylic acids is 1. The van der Waals surface area contributed by atoms with E-state index >= 15 is 0 Å². The van der Waals surface area contributed by atoms with Crippen LogP contribution in [0.3, 0.4) is 0 Å². The molecule has 1 aromatic carbocycles. The first-order valence-corrected chi connectivity index (χ1v) is 5.32. The number of benzene rings is 1.